The molecule has 1 atom stereocenters. The fourth-order valence-corrected chi connectivity index (χ4v) is 2.28. The first-order chi connectivity index (χ1) is 8.74. The zero-order valence-corrected chi connectivity index (χ0v) is 10.9. The van der Waals surface area contributed by atoms with Crippen LogP contribution in [-0.4, -0.2) is 37.7 Å². The Kier molecular flexibility index (Phi) is 4.19. The molecule has 1 aromatic carbocycles. The second-order valence-electron chi connectivity index (χ2n) is 4.67. The van der Waals surface area contributed by atoms with Crippen molar-refractivity contribution >= 4 is 0 Å². The van der Waals surface area contributed by atoms with E-state index in [1.165, 1.54) is 5.56 Å². The summed E-state index contributed by atoms with van der Waals surface area (Å²) in [6.07, 6.45) is 0. The Balaban J connectivity index is 2.12. The van der Waals surface area contributed by atoms with Crippen LogP contribution in [0.1, 0.15) is 18.1 Å². The first-order valence-corrected chi connectivity index (χ1v) is 6.26. The smallest absolute Gasteiger partial charge is 0.136 e. The van der Waals surface area contributed by atoms with Crippen molar-refractivity contribution in [3.63, 3.8) is 0 Å². The van der Waals surface area contributed by atoms with Gasteiger partial charge in [-0.2, -0.15) is 5.26 Å². The van der Waals surface area contributed by atoms with Crippen molar-refractivity contribution in [2.45, 2.75) is 19.5 Å². The van der Waals surface area contributed by atoms with Crippen molar-refractivity contribution in [2.75, 3.05) is 26.7 Å². The molecule has 1 aliphatic heterocycles. The highest BCUT2D eigenvalue weighted by Crippen LogP contribution is 2.21. The number of rotatable bonds is 3. The van der Waals surface area contributed by atoms with E-state index in [4.69, 9.17) is 10.00 Å². The van der Waals surface area contributed by atoms with Gasteiger partial charge in [-0.3, -0.25) is 4.90 Å². The number of ether oxygens (including phenoxy) is 1. The fourth-order valence-electron chi connectivity index (χ4n) is 2.28. The Labute approximate surface area is 108 Å². The van der Waals surface area contributed by atoms with Crippen LogP contribution in [0.2, 0.25) is 0 Å². The van der Waals surface area contributed by atoms with Crippen LogP contribution in [0.25, 0.3) is 0 Å². The van der Waals surface area contributed by atoms with Gasteiger partial charge in [0.1, 0.15) is 11.8 Å². The lowest BCUT2D eigenvalue weighted by Crippen LogP contribution is -2.49. The lowest BCUT2D eigenvalue weighted by atomic mass is 10.1. The third-order valence-corrected chi connectivity index (χ3v) is 3.41. The van der Waals surface area contributed by atoms with Gasteiger partial charge in [0.25, 0.3) is 0 Å². The molecule has 4 heteroatoms. The van der Waals surface area contributed by atoms with Crippen LogP contribution >= 0.6 is 0 Å². The number of hydrogen-bond acceptors (Lipinski definition) is 4. The average Bonchev–Trinajstić information content (AvgIpc) is 2.41. The first kappa shape index (κ1) is 12.9. The number of piperazine rings is 1. The van der Waals surface area contributed by atoms with Crippen LogP contribution < -0.4 is 10.1 Å². The Morgan fingerprint density at radius 1 is 1.56 bits per heavy atom. The Morgan fingerprint density at radius 3 is 3.06 bits per heavy atom. The highest BCUT2D eigenvalue weighted by atomic mass is 16.5. The molecule has 18 heavy (non-hydrogen) atoms. The topological polar surface area (TPSA) is 48.3 Å². The SMILES string of the molecule is COc1cc(CN2CCNCC2C)ccc1C#N. The molecule has 0 saturated carbocycles. The lowest BCUT2D eigenvalue weighted by molar-refractivity contribution is 0.165. The van der Waals surface area contributed by atoms with Gasteiger partial charge in [0.15, 0.2) is 0 Å². The standard InChI is InChI=1S/C14H19N3O/c1-11-9-16-5-6-17(11)10-12-3-4-13(8-15)14(7-12)18-2/h3-4,7,11,16H,5-6,9-10H2,1-2H3. The second kappa shape index (κ2) is 5.85. The molecule has 0 spiro atoms. The van der Waals surface area contributed by atoms with E-state index in [0.717, 1.165) is 26.2 Å². The summed E-state index contributed by atoms with van der Waals surface area (Å²) < 4.78 is 5.24. The van der Waals surface area contributed by atoms with Crippen LogP contribution in [0.5, 0.6) is 5.75 Å². The van der Waals surface area contributed by atoms with Gasteiger partial charge in [-0.15, -0.1) is 0 Å². The third kappa shape index (κ3) is 2.81. The molecular weight excluding hydrogens is 226 g/mol. The Bertz CT molecular complexity index is 453. The Hall–Kier alpha value is -1.57. The van der Waals surface area contributed by atoms with Crippen LogP contribution in [0.4, 0.5) is 0 Å². The zero-order valence-electron chi connectivity index (χ0n) is 10.9. The van der Waals surface area contributed by atoms with E-state index in [-0.39, 0.29) is 0 Å². The molecule has 1 heterocycles. The van der Waals surface area contributed by atoms with E-state index in [9.17, 15) is 0 Å². The summed E-state index contributed by atoms with van der Waals surface area (Å²) in [4.78, 5) is 2.44. The van der Waals surface area contributed by atoms with Crippen molar-refractivity contribution in [1.29, 1.82) is 5.26 Å². The molecule has 1 N–H and O–H groups in total. The summed E-state index contributed by atoms with van der Waals surface area (Å²) in [6, 6.07) is 8.49. The van der Waals surface area contributed by atoms with E-state index in [2.05, 4.69) is 23.2 Å². The first-order valence-electron chi connectivity index (χ1n) is 6.26. The molecule has 0 radical (unpaired) electrons. The van der Waals surface area contributed by atoms with Crippen LogP contribution in [0.3, 0.4) is 0 Å². The van der Waals surface area contributed by atoms with Crippen LogP contribution in [0, 0.1) is 11.3 Å². The van der Waals surface area contributed by atoms with Gasteiger partial charge >= 0.3 is 0 Å². The maximum absolute atomic E-state index is 8.96. The molecule has 4 nitrogen and oxygen atoms in total. The van der Waals surface area contributed by atoms with E-state index >= 15 is 0 Å². The maximum atomic E-state index is 8.96. The number of benzene rings is 1. The lowest BCUT2D eigenvalue weighted by Gasteiger charge is -2.33. The van der Waals surface area contributed by atoms with Crippen LogP contribution in [0.15, 0.2) is 18.2 Å². The normalized spacial score (nSPS) is 20.4. The molecular formula is C14H19N3O. The molecule has 1 saturated heterocycles. The average molecular weight is 245 g/mol. The van der Waals surface area contributed by atoms with Gasteiger partial charge in [0.05, 0.1) is 12.7 Å². The number of nitriles is 1. The number of nitrogens with one attached hydrogen (secondary N) is 1. The number of hydrogen-bond donors (Lipinski definition) is 1. The molecule has 1 aliphatic rings. The van der Waals surface area contributed by atoms with Gasteiger partial charge in [-0.1, -0.05) is 6.07 Å². The summed E-state index contributed by atoms with van der Waals surface area (Å²) in [7, 11) is 1.60. The van der Waals surface area contributed by atoms with Crippen molar-refractivity contribution < 1.29 is 4.74 Å². The molecule has 96 valence electrons. The number of methoxy groups -OCH3 is 1. The minimum atomic E-state index is 0.542. The van der Waals surface area contributed by atoms with Crippen molar-refractivity contribution in [3.05, 3.63) is 29.3 Å². The van der Waals surface area contributed by atoms with Gasteiger partial charge in [-0.25, -0.2) is 0 Å². The highest BCUT2D eigenvalue weighted by Gasteiger charge is 2.18. The Morgan fingerprint density at radius 2 is 2.39 bits per heavy atom. The predicted octanol–water partition coefficient (Wildman–Crippen LogP) is 1.36. The summed E-state index contributed by atoms with van der Waals surface area (Å²) in [5.41, 5.74) is 1.79. The molecule has 0 amide bonds. The quantitative estimate of drug-likeness (QED) is 0.873. The van der Waals surface area contributed by atoms with Crippen LogP contribution in [-0.2, 0) is 6.54 Å². The van der Waals surface area contributed by atoms with E-state index in [0.29, 0.717) is 17.4 Å². The summed E-state index contributed by atoms with van der Waals surface area (Å²) in [6.45, 7) is 6.27. The summed E-state index contributed by atoms with van der Waals surface area (Å²) in [5, 5.41) is 12.3. The van der Waals surface area contributed by atoms with Gasteiger partial charge in [-0.05, 0) is 24.6 Å². The largest absolute Gasteiger partial charge is 0.495 e. The fraction of sp³-hybridized carbons (Fsp3) is 0.500. The van der Waals surface area contributed by atoms with E-state index in [1.54, 1.807) is 7.11 Å². The monoisotopic (exact) mass is 245 g/mol. The predicted molar refractivity (Wildman–Crippen MR) is 70.5 cm³/mol. The minimum absolute atomic E-state index is 0.542. The molecule has 1 aromatic rings. The molecule has 2 rings (SSSR count). The molecule has 0 aliphatic carbocycles. The minimum Gasteiger partial charge on any atom is -0.495 e. The second-order valence-corrected chi connectivity index (χ2v) is 4.67. The van der Waals surface area contributed by atoms with Gasteiger partial charge in [0.2, 0.25) is 0 Å². The van der Waals surface area contributed by atoms with E-state index < -0.39 is 0 Å². The highest BCUT2D eigenvalue weighted by molar-refractivity contribution is 5.45. The van der Waals surface area contributed by atoms with Crippen molar-refractivity contribution in [2.24, 2.45) is 0 Å². The number of nitrogens with zero attached hydrogens (tertiary/aromatic N) is 2. The van der Waals surface area contributed by atoms with Crippen molar-refractivity contribution in [3.8, 4) is 11.8 Å². The molecule has 0 aromatic heterocycles. The molecule has 1 unspecified atom stereocenters. The van der Waals surface area contributed by atoms with Crippen molar-refractivity contribution in [1.82, 2.24) is 10.2 Å². The third-order valence-electron chi connectivity index (χ3n) is 3.41. The molecule has 1 fully saturated rings. The van der Waals surface area contributed by atoms with Gasteiger partial charge < -0.3 is 10.1 Å². The van der Waals surface area contributed by atoms with E-state index in [1.807, 2.05) is 18.2 Å². The summed E-state index contributed by atoms with van der Waals surface area (Å²) in [5.74, 6) is 0.665. The zero-order chi connectivity index (χ0) is 13.0. The summed E-state index contributed by atoms with van der Waals surface area (Å²) >= 11 is 0. The van der Waals surface area contributed by atoms with Gasteiger partial charge in [0, 0.05) is 32.2 Å². The maximum Gasteiger partial charge on any atom is 0.136 e. The molecule has 0 bridgehead atoms.